The van der Waals surface area contributed by atoms with Gasteiger partial charge >= 0.3 is 0 Å². The van der Waals surface area contributed by atoms with E-state index in [-0.39, 0.29) is 5.91 Å². The average molecular weight is 266 g/mol. The number of nitrogens with zero attached hydrogens (tertiary/aromatic N) is 1. The molecule has 1 aliphatic heterocycles. The molecule has 1 aliphatic rings. The predicted molar refractivity (Wildman–Crippen MR) is 71.9 cm³/mol. The quantitative estimate of drug-likeness (QED) is 0.750. The van der Waals surface area contributed by atoms with Gasteiger partial charge in [-0.3, -0.25) is 9.69 Å². The van der Waals surface area contributed by atoms with Crippen LogP contribution in [0.25, 0.3) is 0 Å². The number of furan rings is 1. The maximum absolute atomic E-state index is 11.6. The van der Waals surface area contributed by atoms with Gasteiger partial charge in [0.05, 0.1) is 19.5 Å². The first-order valence-electron chi connectivity index (χ1n) is 6.94. The van der Waals surface area contributed by atoms with Gasteiger partial charge in [-0.1, -0.05) is 0 Å². The fourth-order valence-electron chi connectivity index (χ4n) is 2.14. The lowest BCUT2D eigenvalue weighted by atomic mass is 10.2. The van der Waals surface area contributed by atoms with Gasteiger partial charge in [0.25, 0.3) is 0 Å². The van der Waals surface area contributed by atoms with Crippen LogP contribution in [0.2, 0.25) is 0 Å². The van der Waals surface area contributed by atoms with Crippen molar-refractivity contribution in [1.82, 2.24) is 10.2 Å². The summed E-state index contributed by atoms with van der Waals surface area (Å²) >= 11 is 0. The van der Waals surface area contributed by atoms with Crippen LogP contribution in [0.1, 0.15) is 18.6 Å². The Bertz CT molecular complexity index is 359. The molecule has 1 saturated heterocycles. The van der Waals surface area contributed by atoms with Gasteiger partial charge in [-0.15, -0.1) is 0 Å². The van der Waals surface area contributed by atoms with Crippen molar-refractivity contribution < 1.29 is 13.9 Å². The summed E-state index contributed by atoms with van der Waals surface area (Å²) in [6, 6.07) is 3.74. The van der Waals surface area contributed by atoms with Gasteiger partial charge in [0.15, 0.2) is 0 Å². The molecule has 0 aliphatic carbocycles. The van der Waals surface area contributed by atoms with Crippen LogP contribution in [0.5, 0.6) is 0 Å². The van der Waals surface area contributed by atoms with E-state index in [4.69, 9.17) is 9.15 Å². The van der Waals surface area contributed by atoms with E-state index in [0.717, 1.165) is 51.6 Å². The Hall–Kier alpha value is -1.33. The molecular weight excluding hydrogens is 244 g/mol. The van der Waals surface area contributed by atoms with Crippen molar-refractivity contribution in [1.29, 1.82) is 0 Å². The van der Waals surface area contributed by atoms with Crippen molar-refractivity contribution in [2.45, 2.75) is 19.3 Å². The minimum Gasteiger partial charge on any atom is -0.469 e. The Morgan fingerprint density at radius 3 is 2.95 bits per heavy atom. The van der Waals surface area contributed by atoms with Crippen molar-refractivity contribution in [3.63, 3.8) is 0 Å². The third kappa shape index (κ3) is 5.44. The number of hydrogen-bond donors (Lipinski definition) is 1. The highest BCUT2D eigenvalue weighted by atomic mass is 16.5. The Morgan fingerprint density at radius 2 is 2.21 bits per heavy atom. The molecule has 0 unspecified atom stereocenters. The van der Waals surface area contributed by atoms with E-state index >= 15 is 0 Å². The molecule has 1 fully saturated rings. The third-order valence-electron chi connectivity index (χ3n) is 3.26. The Balaban J connectivity index is 1.49. The molecule has 0 aromatic carbocycles. The maximum Gasteiger partial charge on any atom is 0.220 e. The summed E-state index contributed by atoms with van der Waals surface area (Å²) in [6.45, 7) is 5.44. The standard InChI is InChI=1S/C14H22N2O3/c17-14(5-4-13-3-1-10-19-13)15-6-2-7-16-8-11-18-12-9-16/h1,3,10H,2,4-9,11-12H2,(H,15,17). The lowest BCUT2D eigenvalue weighted by Crippen LogP contribution is -2.38. The van der Waals surface area contributed by atoms with Crippen molar-refractivity contribution in [3.05, 3.63) is 24.2 Å². The summed E-state index contributed by atoms with van der Waals surface area (Å²) in [4.78, 5) is 14.0. The smallest absolute Gasteiger partial charge is 0.220 e. The van der Waals surface area contributed by atoms with Crippen molar-refractivity contribution in [2.75, 3.05) is 39.4 Å². The van der Waals surface area contributed by atoms with E-state index in [1.807, 2.05) is 12.1 Å². The molecule has 0 bridgehead atoms. The van der Waals surface area contributed by atoms with Crippen LogP contribution in [-0.4, -0.2) is 50.2 Å². The van der Waals surface area contributed by atoms with E-state index in [0.29, 0.717) is 12.8 Å². The zero-order chi connectivity index (χ0) is 13.3. The molecule has 5 nitrogen and oxygen atoms in total. The first kappa shape index (κ1) is 14.1. The fraction of sp³-hybridized carbons (Fsp3) is 0.643. The van der Waals surface area contributed by atoms with E-state index in [9.17, 15) is 4.79 Å². The van der Waals surface area contributed by atoms with Crippen molar-refractivity contribution >= 4 is 5.91 Å². The van der Waals surface area contributed by atoms with Gasteiger partial charge in [-0.05, 0) is 25.1 Å². The summed E-state index contributed by atoms with van der Waals surface area (Å²) in [5, 5.41) is 2.95. The van der Waals surface area contributed by atoms with Crippen molar-refractivity contribution in [3.8, 4) is 0 Å². The number of ether oxygens (including phenoxy) is 1. The number of aryl methyl sites for hydroxylation is 1. The Labute approximate surface area is 113 Å². The van der Waals surface area contributed by atoms with Crippen LogP contribution in [0.15, 0.2) is 22.8 Å². The molecule has 5 heteroatoms. The molecule has 0 spiro atoms. The number of carbonyl (C=O) groups is 1. The zero-order valence-electron chi connectivity index (χ0n) is 11.3. The van der Waals surface area contributed by atoms with Crippen LogP contribution >= 0.6 is 0 Å². The normalized spacial score (nSPS) is 16.4. The number of nitrogens with one attached hydrogen (secondary N) is 1. The van der Waals surface area contributed by atoms with Crippen LogP contribution in [0, 0.1) is 0 Å². The Kier molecular flexibility index (Phi) is 5.91. The topological polar surface area (TPSA) is 54.7 Å². The molecule has 0 atom stereocenters. The van der Waals surface area contributed by atoms with Gasteiger partial charge < -0.3 is 14.5 Å². The van der Waals surface area contributed by atoms with Crippen LogP contribution < -0.4 is 5.32 Å². The summed E-state index contributed by atoms with van der Waals surface area (Å²) in [5.41, 5.74) is 0. The number of morpholine rings is 1. The SMILES string of the molecule is O=C(CCc1ccco1)NCCCN1CCOCC1. The minimum atomic E-state index is 0.0957. The van der Waals surface area contributed by atoms with Gasteiger partial charge in [-0.25, -0.2) is 0 Å². The van der Waals surface area contributed by atoms with E-state index in [1.165, 1.54) is 0 Å². The monoisotopic (exact) mass is 266 g/mol. The second-order valence-electron chi connectivity index (χ2n) is 4.74. The summed E-state index contributed by atoms with van der Waals surface area (Å²) in [7, 11) is 0. The number of rotatable bonds is 7. The molecule has 2 heterocycles. The fourth-order valence-corrected chi connectivity index (χ4v) is 2.14. The van der Waals surface area contributed by atoms with Crippen LogP contribution in [-0.2, 0) is 16.0 Å². The number of amides is 1. The molecule has 1 amide bonds. The van der Waals surface area contributed by atoms with E-state index in [1.54, 1.807) is 6.26 Å². The molecule has 2 rings (SSSR count). The third-order valence-corrected chi connectivity index (χ3v) is 3.26. The lowest BCUT2D eigenvalue weighted by Gasteiger charge is -2.26. The molecule has 1 aromatic rings. The molecular formula is C14H22N2O3. The number of hydrogen-bond acceptors (Lipinski definition) is 4. The summed E-state index contributed by atoms with van der Waals surface area (Å²) in [6.07, 6.45) is 3.79. The largest absolute Gasteiger partial charge is 0.469 e. The van der Waals surface area contributed by atoms with E-state index in [2.05, 4.69) is 10.2 Å². The van der Waals surface area contributed by atoms with Gasteiger partial charge in [0, 0.05) is 32.5 Å². The highest BCUT2D eigenvalue weighted by Gasteiger charge is 2.09. The Morgan fingerprint density at radius 1 is 1.37 bits per heavy atom. The molecule has 1 aromatic heterocycles. The second-order valence-corrected chi connectivity index (χ2v) is 4.74. The van der Waals surface area contributed by atoms with Crippen LogP contribution in [0.3, 0.4) is 0 Å². The maximum atomic E-state index is 11.6. The van der Waals surface area contributed by atoms with Gasteiger partial charge in [0.1, 0.15) is 5.76 Å². The van der Waals surface area contributed by atoms with Crippen molar-refractivity contribution in [2.24, 2.45) is 0 Å². The second kappa shape index (κ2) is 7.96. The first-order chi connectivity index (χ1) is 9.34. The molecule has 1 N–H and O–H groups in total. The summed E-state index contributed by atoms with van der Waals surface area (Å²) in [5.74, 6) is 0.960. The summed E-state index contributed by atoms with van der Waals surface area (Å²) < 4.78 is 10.5. The minimum absolute atomic E-state index is 0.0957. The lowest BCUT2D eigenvalue weighted by molar-refractivity contribution is -0.121. The highest BCUT2D eigenvalue weighted by Crippen LogP contribution is 2.03. The average Bonchev–Trinajstić information content (AvgIpc) is 2.96. The predicted octanol–water partition coefficient (Wildman–Crippen LogP) is 1.05. The molecule has 106 valence electrons. The molecule has 19 heavy (non-hydrogen) atoms. The van der Waals surface area contributed by atoms with Crippen LogP contribution in [0.4, 0.5) is 0 Å². The van der Waals surface area contributed by atoms with E-state index < -0.39 is 0 Å². The zero-order valence-corrected chi connectivity index (χ0v) is 11.3. The molecule has 0 radical (unpaired) electrons. The number of carbonyl (C=O) groups excluding carboxylic acids is 1. The van der Waals surface area contributed by atoms with Gasteiger partial charge in [-0.2, -0.15) is 0 Å². The molecule has 0 saturated carbocycles. The van der Waals surface area contributed by atoms with Gasteiger partial charge in [0.2, 0.25) is 5.91 Å². The first-order valence-corrected chi connectivity index (χ1v) is 6.94. The highest BCUT2D eigenvalue weighted by molar-refractivity contribution is 5.75.